The van der Waals surface area contributed by atoms with Gasteiger partial charge in [0, 0.05) is 36.8 Å². The molecule has 0 saturated carbocycles. The van der Waals surface area contributed by atoms with E-state index in [2.05, 4.69) is 4.99 Å². The van der Waals surface area contributed by atoms with Crippen molar-refractivity contribution in [1.82, 2.24) is 5.01 Å². The van der Waals surface area contributed by atoms with Crippen LogP contribution in [-0.2, 0) is 4.79 Å². The number of rotatable bonds is 3. The Balaban J connectivity index is 1.91. The van der Waals surface area contributed by atoms with Crippen LogP contribution in [0.5, 0.6) is 5.75 Å². The maximum absolute atomic E-state index is 14.4. The van der Waals surface area contributed by atoms with Crippen LogP contribution < -0.4 is 4.74 Å². The van der Waals surface area contributed by atoms with Crippen LogP contribution in [0.15, 0.2) is 53.5 Å². The molecule has 2 aliphatic rings. The molecule has 27 heavy (non-hydrogen) atoms. The molecule has 1 amide bonds. The van der Waals surface area contributed by atoms with Gasteiger partial charge in [-0.2, -0.15) is 0 Å². The van der Waals surface area contributed by atoms with Gasteiger partial charge in [0.1, 0.15) is 23.9 Å². The van der Waals surface area contributed by atoms with Crippen LogP contribution in [0.1, 0.15) is 12.5 Å². The molecule has 0 spiro atoms. The summed E-state index contributed by atoms with van der Waals surface area (Å²) in [6.45, 7) is 1.80. The normalized spacial score (nSPS) is 16.3. The van der Waals surface area contributed by atoms with Gasteiger partial charge in [0.05, 0.1) is 12.7 Å². The summed E-state index contributed by atoms with van der Waals surface area (Å²) >= 11 is 0. The number of methoxy groups -OCH3 is 1. The molecule has 0 N–H and O–H groups in total. The molecule has 0 bridgehead atoms. The number of hydrazine groups is 1. The van der Waals surface area contributed by atoms with Crippen LogP contribution in [0.2, 0.25) is 0 Å². The lowest BCUT2D eigenvalue weighted by molar-refractivity contribution is -0.574. The number of hydrogen-bond donors (Lipinski definition) is 0. The summed E-state index contributed by atoms with van der Waals surface area (Å²) in [5.41, 5.74) is 2.10. The highest BCUT2D eigenvalue weighted by atomic mass is 19.1. The van der Waals surface area contributed by atoms with E-state index in [1.54, 1.807) is 49.1 Å². The molecule has 0 aromatic heterocycles. The Morgan fingerprint density at radius 2 is 1.89 bits per heavy atom. The number of aliphatic imine (C=N–C) groups is 1. The Labute approximate surface area is 154 Å². The highest BCUT2D eigenvalue weighted by Crippen LogP contribution is 2.30. The molecule has 2 aliphatic heterocycles. The van der Waals surface area contributed by atoms with E-state index >= 15 is 0 Å². The van der Waals surface area contributed by atoms with E-state index in [1.165, 1.54) is 17.1 Å². The van der Waals surface area contributed by atoms with Gasteiger partial charge in [0.2, 0.25) is 11.4 Å². The molecule has 2 aromatic rings. The number of allylic oxidation sites excluding steroid dienone is 1. The number of nitrogens with zero attached hydrogens (tertiary/aromatic N) is 3. The molecular formula is C20H16F2N3O2+. The van der Waals surface area contributed by atoms with Crippen LogP contribution in [0.25, 0.3) is 5.57 Å². The first-order valence-electron chi connectivity index (χ1n) is 8.32. The van der Waals surface area contributed by atoms with E-state index in [1.807, 2.05) is 0 Å². The van der Waals surface area contributed by atoms with Gasteiger partial charge in [-0.15, -0.1) is 0 Å². The molecule has 0 saturated heterocycles. The molecule has 4 rings (SSSR count). The third kappa shape index (κ3) is 2.81. The summed E-state index contributed by atoms with van der Waals surface area (Å²) in [6.07, 6.45) is 1.65. The van der Waals surface area contributed by atoms with Crippen molar-refractivity contribution in [3.05, 3.63) is 65.7 Å². The van der Waals surface area contributed by atoms with E-state index in [-0.39, 0.29) is 18.0 Å². The van der Waals surface area contributed by atoms with E-state index in [4.69, 9.17) is 4.74 Å². The number of carbonyl (C=O) groups excluding carboxylic acids is 1. The predicted octanol–water partition coefficient (Wildman–Crippen LogP) is 3.33. The second-order valence-corrected chi connectivity index (χ2v) is 6.16. The lowest BCUT2D eigenvalue weighted by atomic mass is 9.99. The first kappa shape index (κ1) is 17.1. The Morgan fingerprint density at radius 1 is 1.15 bits per heavy atom. The van der Waals surface area contributed by atoms with Crippen molar-refractivity contribution in [3.63, 3.8) is 0 Å². The lowest BCUT2D eigenvalue weighted by Gasteiger charge is -2.21. The van der Waals surface area contributed by atoms with E-state index in [0.717, 1.165) is 6.07 Å². The van der Waals surface area contributed by atoms with Crippen LogP contribution in [0.4, 0.5) is 14.5 Å². The molecular weight excluding hydrogens is 352 g/mol. The zero-order valence-electron chi connectivity index (χ0n) is 14.7. The molecule has 0 fully saturated rings. The van der Waals surface area contributed by atoms with Gasteiger partial charge in [0.15, 0.2) is 5.84 Å². The van der Waals surface area contributed by atoms with Crippen LogP contribution in [0.3, 0.4) is 0 Å². The standard InChI is InChI=1S/C20H16F2N3O2/c1-12-17(16-8-3-13(21)9-18(16)22)10-19-23-11-20(26)25(19)24(12)14-4-6-15(27-2)7-5-14/h3-10H,11H2,1-2H3/q+1. The zero-order valence-corrected chi connectivity index (χ0v) is 14.7. The number of ether oxygens (including phenoxy) is 1. The fraction of sp³-hybridized carbons (Fsp3) is 0.150. The molecule has 7 heteroatoms. The Bertz CT molecular complexity index is 1040. The van der Waals surface area contributed by atoms with E-state index in [9.17, 15) is 13.6 Å². The van der Waals surface area contributed by atoms with E-state index in [0.29, 0.717) is 28.6 Å². The first-order valence-corrected chi connectivity index (χ1v) is 8.32. The average Bonchev–Trinajstić information content (AvgIpc) is 3.02. The fourth-order valence-electron chi connectivity index (χ4n) is 3.24. The fourth-order valence-corrected chi connectivity index (χ4v) is 3.24. The first-order chi connectivity index (χ1) is 13.0. The summed E-state index contributed by atoms with van der Waals surface area (Å²) in [5.74, 6) is -0.411. The zero-order chi connectivity index (χ0) is 19.1. The number of amides is 1. The minimum atomic E-state index is -0.673. The van der Waals surface area contributed by atoms with Crippen molar-refractivity contribution in [1.29, 1.82) is 0 Å². The van der Waals surface area contributed by atoms with Gasteiger partial charge < -0.3 is 4.74 Å². The molecule has 136 valence electrons. The van der Waals surface area contributed by atoms with Gasteiger partial charge in [-0.05, 0) is 24.3 Å². The molecule has 0 radical (unpaired) electrons. The molecule has 0 aliphatic carbocycles. The summed E-state index contributed by atoms with van der Waals surface area (Å²) in [7, 11) is 1.57. The number of hydrazone groups is 1. The topological polar surface area (TPSA) is 44.9 Å². The van der Waals surface area contributed by atoms with Crippen molar-refractivity contribution in [2.24, 2.45) is 4.99 Å². The second-order valence-electron chi connectivity index (χ2n) is 6.16. The van der Waals surface area contributed by atoms with E-state index < -0.39 is 11.6 Å². The quantitative estimate of drug-likeness (QED) is 0.780. The summed E-state index contributed by atoms with van der Waals surface area (Å²) in [4.78, 5) is 16.6. The summed E-state index contributed by atoms with van der Waals surface area (Å²) in [6, 6.07) is 10.6. The number of carbonyl (C=O) groups is 1. The maximum atomic E-state index is 14.4. The third-order valence-electron chi connectivity index (χ3n) is 4.55. The minimum Gasteiger partial charge on any atom is -0.497 e. The maximum Gasteiger partial charge on any atom is 0.307 e. The third-order valence-corrected chi connectivity index (χ3v) is 4.55. The minimum absolute atomic E-state index is 0.0188. The molecule has 0 unspecified atom stereocenters. The number of hydrogen-bond acceptors (Lipinski definition) is 3. The lowest BCUT2D eigenvalue weighted by Crippen LogP contribution is -2.44. The molecule has 2 heterocycles. The number of amidine groups is 1. The highest BCUT2D eigenvalue weighted by Gasteiger charge is 2.41. The Kier molecular flexibility index (Phi) is 4.07. The molecule has 5 nitrogen and oxygen atoms in total. The SMILES string of the molecule is COc1ccc([N+]2=C(C)C(c3ccc(F)cc3F)=CC3=NCC(=O)N32)cc1. The van der Waals surface area contributed by atoms with Gasteiger partial charge >= 0.3 is 5.91 Å². The smallest absolute Gasteiger partial charge is 0.307 e. The van der Waals surface area contributed by atoms with Crippen LogP contribution in [0, 0.1) is 11.6 Å². The van der Waals surface area contributed by atoms with Crippen molar-refractivity contribution in [2.75, 3.05) is 13.7 Å². The van der Waals surface area contributed by atoms with Crippen LogP contribution in [-0.4, -0.2) is 40.8 Å². The summed E-state index contributed by atoms with van der Waals surface area (Å²) in [5, 5.41) is 1.46. The highest BCUT2D eigenvalue weighted by molar-refractivity contribution is 6.28. The molecule has 0 atom stereocenters. The number of fused-ring (bicyclic) bond motifs is 1. The van der Waals surface area contributed by atoms with Gasteiger partial charge in [0.25, 0.3) is 0 Å². The van der Waals surface area contributed by atoms with Gasteiger partial charge in [-0.3, -0.25) is 9.79 Å². The summed E-state index contributed by atoms with van der Waals surface area (Å²) < 4.78 is 34.6. The number of benzene rings is 2. The van der Waals surface area contributed by atoms with Crippen molar-refractivity contribution in [3.8, 4) is 5.75 Å². The Morgan fingerprint density at radius 3 is 2.56 bits per heavy atom. The van der Waals surface area contributed by atoms with Crippen molar-refractivity contribution < 1.29 is 23.0 Å². The van der Waals surface area contributed by atoms with Gasteiger partial charge in [-0.1, -0.05) is 9.69 Å². The van der Waals surface area contributed by atoms with Crippen molar-refractivity contribution in [2.45, 2.75) is 6.92 Å². The Hall–Kier alpha value is -3.35. The second kappa shape index (κ2) is 6.42. The average molecular weight is 368 g/mol. The van der Waals surface area contributed by atoms with Gasteiger partial charge in [-0.25, -0.2) is 8.78 Å². The largest absolute Gasteiger partial charge is 0.497 e. The van der Waals surface area contributed by atoms with Crippen LogP contribution >= 0.6 is 0 Å². The van der Waals surface area contributed by atoms with Crippen molar-refractivity contribution >= 4 is 28.7 Å². The monoisotopic (exact) mass is 368 g/mol. The predicted molar refractivity (Wildman–Crippen MR) is 97.1 cm³/mol. The molecule has 2 aromatic carbocycles. The number of halogens is 2.